The van der Waals surface area contributed by atoms with Crippen LogP contribution in [0.25, 0.3) is 0 Å². The van der Waals surface area contributed by atoms with Crippen molar-refractivity contribution in [2.45, 2.75) is 63.6 Å². The van der Waals surface area contributed by atoms with E-state index in [1.165, 1.54) is 49.7 Å². The van der Waals surface area contributed by atoms with E-state index in [1.54, 1.807) is 0 Å². The lowest BCUT2D eigenvalue weighted by Gasteiger charge is -2.32. The summed E-state index contributed by atoms with van der Waals surface area (Å²) >= 11 is 0. The van der Waals surface area contributed by atoms with Crippen LogP contribution in [0, 0.1) is 0 Å². The van der Waals surface area contributed by atoms with E-state index in [0.29, 0.717) is 18.2 Å². The van der Waals surface area contributed by atoms with Crippen LogP contribution in [0.4, 0.5) is 0 Å². The molecule has 0 amide bonds. The van der Waals surface area contributed by atoms with Gasteiger partial charge in [0.2, 0.25) is 0 Å². The molecule has 1 heterocycles. The highest BCUT2D eigenvalue weighted by Crippen LogP contribution is 2.24. The van der Waals surface area contributed by atoms with Gasteiger partial charge < -0.3 is 10.1 Å². The molecule has 2 aliphatic rings. The molecule has 1 aromatic carbocycles. The minimum absolute atomic E-state index is 0.486. The first kappa shape index (κ1) is 13.1. The lowest BCUT2D eigenvalue weighted by atomic mass is 9.99. The van der Waals surface area contributed by atoms with Crippen molar-refractivity contribution in [3.8, 4) is 0 Å². The highest BCUT2D eigenvalue weighted by atomic mass is 16.5. The van der Waals surface area contributed by atoms with Crippen LogP contribution in [0.15, 0.2) is 24.3 Å². The largest absolute Gasteiger partial charge is 0.378 e. The normalized spacial score (nSPS) is 27.4. The van der Waals surface area contributed by atoms with Gasteiger partial charge in [0.25, 0.3) is 0 Å². The number of ether oxygens (including phenoxy) is 1. The molecule has 0 radical (unpaired) electrons. The van der Waals surface area contributed by atoms with E-state index in [9.17, 15) is 0 Å². The zero-order valence-electron chi connectivity index (χ0n) is 11.9. The topological polar surface area (TPSA) is 21.3 Å². The molecule has 1 aliphatic carbocycles. The Labute approximate surface area is 116 Å². The van der Waals surface area contributed by atoms with Crippen LogP contribution in [-0.4, -0.2) is 24.8 Å². The zero-order chi connectivity index (χ0) is 13.1. The van der Waals surface area contributed by atoms with Crippen molar-refractivity contribution >= 4 is 0 Å². The van der Waals surface area contributed by atoms with Gasteiger partial charge in [-0.25, -0.2) is 0 Å². The maximum atomic E-state index is 5.83. The third-order valence-electron chi connectivity index (χ3n) is 4.50. The van der Waals surface area contributed by atoms with Gasteiger partial charge in [0, 0.05) is 18.7 Å². The minimum atomic E-state index is 0.486. The third-order valence-corrected chi connectivity index (χ3v) is 4.50. The highest BCUT2D eigenvalue weighted by molar-refractivity contribution is 5.33. The Morgan fingerprint density at radius 1 is 1.16 bits per heavy atom. The van der Waals surface area contributed by atoms with Gasteiger partial charge in [0.15, 0.2) is 0 Å². The fourth-order valence-corrected chi connectivity index (χ4v) is 3.56. The van der Waals surface area contributed by atoms with E-state index in [4.69, 9.17) is 4.74 Å². The molecular weight excluding hydrogens is 234 g/mol. The second-order valence-electron chi connectivity index (χ2n) is 6.04. The van der Waals surface area contributed by atoms with Crippen LogP contribution in [-0.2, 0) is 17.6 Å². The lowest BCUT2D eigenvalue weighted by Crippen LogP contribution is -2.44. The molecule has 2 heteroatoms. The summed E-state index contributed by atoms with van der Waals surface area (Å²) in [5.41, 5.74) is 3.08. The van der Waals surface area contributed by atoms with Crippen LogP contribution in [0.1, 0.15) is 43.7 Å². The monoisotopic (exact) mass is 259 g/mol. The smallest absolute Gasteiger partial charge is 0.0589 e. The second kappa shape index (κ2) is 6.06. The standard InChI is InChI=1S/C17H25NO/c1-2-5-17-12-15(8-9-19-17)18-16-10-13-6-3-4-7-14(13)11-16/h3-4,6-7,15-18H,2,5,8-12H2,1H3. The van der Waals surface area contributed by atoms with Gasteiger partial charge in [-0.1, -0.05) is 37.6 Å². The molecule has 1 aromatic rings. The quantitative estimate of drug-likeness (QED) is 0.897. The van der Waals surface area contributed by atoms with Crippen LogP contribution in [0.2, 0.25) is 0 Å². The van der Waals surface area contributed by atoms with Crippen molar-refractivity contribution in [1.82, 2.24) is 5.32 Å². The van der Waals surface area contributed by atoms with Gasteiger partial charge in [-0.15, -0.1) is 0 Å². The van der Waals surface area contributed by atoms with Crippen LogP contribution in [0.5, 0.6) is 0 Å². The fraction of sp³-hybridized carbons (Fsp3) is 0.647. The fourth-order valence-electron chi connectivity index (χ4n) is 3.56. The average Bonchev–Trinajstić information content (AvgIpc) is 2.81. The van der Waals surface area contributed by atoms with E-state index < -0.39 is 0 Å². The number of nitrogens with one attached hydrogen (secondary N) is 1. The van der Waals surface area contributed by atoms with E-state index in [1.807, 2.05) is 0 Å². The summed E-state index contributed by atoms with van der Waals surface area (Å²) < 4.78 is 5.83. The van der Waals surface area contributed by atoms with Gasteiger partial charge in [-0.05, 0) is 43.2 Å². The van der Waals surface area contributed by atoms with E-state index in [2.05, 4.69) is 36.5 Å². The molecule has 19 heavy (non-hydrogen) atoms. The maximum Gasteiger partial charge on any atom is 0.0589 e. The first-order chi connectivity index (χ1) is 9.35. The highest BCUT2D eigenvalue weighted by Gasteiger charge is 2.27. The molecule has 1 aliphatic heterocycles. The Hall–Kier alpha value is -0.860. The van der Waals surface area contributed by atoms with Crippen molar-refractivity contribution in [3.63, 3.8) is 0 Å². The number of rotatable bonds is 4. The van der Waals surface area contributed by atoms with Crippen molar-refractivity contribution in [2.24, 2.45) is 0 Å². The third kappa shape index (κ3) is 3.18. The Morgan fingerprint density at radius 2 is 1.89 bits per heavy atom. The number of benzene rings is 1. The molecule has 1 fully saturated rings. The first-order valence-corrected chi connectivity index (χ1v) is 7.79. The van der Waals surface area contributed by atoms with E-state index in [0.717, 1.165) is 6.61 Å². The summed E-state index contributed by atoms with van der Waals surface area (Å²) in [6.45, 7) is 3.18. The van der Waals surface area contributed by atoms with Crippen LogP contribution < -0.4 is 5.32 Å². The van der Waals surface area contributed by atoms with E-state index in [-0.39, 0.29) is 0 Å². The van der Waals surface area contributed by atoms with E-state index >= 15 is 0 Å². The predicted octanol–water partition coefficient (Wildman–Crippen LogP) is 3.09. The SMILES string of the molecule is CCCC1CC(NC2Cc3ccccc3C2)CCO1. The summed E-state index contributed by atoms with van der Waals surface area (Å²) in [4.78, 5) is 0. The molecule has 0 saturated carbocycles. The van der Waals surface area contributed by atoms with Gasteiger partial charge >= 0.3 is 0 Å². The van der Waals surface area contributed by atoms with Crippen molar-refractivity contribution in [2.75, 3.05) is 6.61 Å². The number of hydrogen-bond donors (Lipinski definition) is 1. The summed E-state index contributed by atoms with van der Waals surface area (Å²) in [7, 11) is 0. The summed E-state index contributed by atoms with van der Waals surface area (Å²) in [6.07, 6.45) is 7.70. The molecule has 3 rings (SSSR count). The summed E-state index contributed by atoms with van der Waals surface area (Å²) in [6, 6.07) is 10.2. The van der Waals surface area contributed by atoms with Gasteiger partial charge in [-0.3, -0.25) is 0 Å². The Bertz CT molecular complexity index is 390. The first-order valence-electron chi connectivity index (χ1n) is 7.79. The number of hydrogen-bond acceptors (Lipinski definition) is 2. The molecule has 104 valence electrons. The second-order valence-corrected chi connectivity index (χ2v) is 6.04. The van der Waals surface area contributed by atoms with Gasteiger partial charge in [-0.2, -0.15) is 0 Å². The molecule has 1 N–H and O–H groups in total. The predicted molar refractivity (Wildman–Crippen MR) is 78.4 cm³/mol. The molecular formula is C17H25NO. The molecule has 1 saturated heterocycles. The molecule has 0 bridgehead atoms. The van der Waals surface area contributed by atoms with Crippen molar-refractivity contribution in [1.29, 1.82) is 0 Å². The average molecular weight is 259 g/mol. The molecule has 2 nitrogen and oxygen atoms in total. The number of fused-ring (bicyclic) bond motifs is 1. The minimum Gasteiger partial charge on any atom is -0.378 e. The van der Waals surface area contributed by atoms with Crippen LogP contribution in [0.3, 0.4) is 0 Å². The molecule has 0 aromatic heterocycles. The summed E-state index contributed by atoms with van der Waals surface area (Å²) in [5.74, 6) is 0. The lowest BCUT2D eigenvalue weighted by molar-refractivity contribution is -0.00480. The van der Waals surface area contributed by atoms with Gasteiger partial charge in [0.1, 0.15) is 0 Å². The molecule has 0 spiro atoms. The van der Waals surface area contributed by atoms with Crippen molar-refractivity contribution in [3.05, 3.63) is 35.4 Å². The van der Waals surface area contributed by atoms with Crippen LogP contribution >= 0.6 is 0 Å². The zero-order valence-corrected chi connectivity index (χ0v) is 11.9. The Kier molecular flexibility index (Phi) is 4.19. The maximum absolute atomic E-state index is 5.83. The van der Waals surface area contributed by atoms with Crippen molar-refractivity contribution < 1.29 is 4.74 Å². The Morgan fingerprint density at radius 3 is 2.58 bits per heavy atom. The molecule has 2 unspecified atom stereocenters. The van der Waals surface area contributed by atoms with Gasteiger partial charge in [0.05, 0.1) is 6.10 Å². The Balaban J connectivity index is 1.53. The molecule has 2 atom stereocenters. The summed E-state index contributed by atoms with van der Waals surface area (Å²) in [5, 5.41) is 3.87.